The van der Waals surface area contributed by atoms with Crippen LogP contribution in [0.1, 0.15) is 31.2 Å². The summed E-state index contributed by atoms with van der Waals surface area (Å²) in [5, 5.41) is 5.42. The van der Waals surface area contributed by atoms with Crippen LogP contribution >= 0.6 is 35.3 Å². The molecule has 3 aromatic rings. The largest absolute Gasteiger partial charge is 0.493 e. The zero-order valence-electron chi connectivity index (χ0n) is 20.6. The number of methoxy groups -OCH3 is 2. The Balaban J connectivity index is 1.21. The number of amides is 2. The molecule has 1 fully saturated rings. The summed E-state index contributed by atoms with van der Waals surface area (Å²) in [5.74, 6) is 1.07. The summed E-state index contributed by atoms with van der Waals surface area (Å²) in [7, 11) is 3.16. The SMILES string of the molecule is COc1ccc(C=C2SC(=S)N(CCCCCC(=O)Nc3nc(-c4ccccc4)cs3)C2=O)cc1OC. The van der Waals surface area contributed by atoms with Gasteiger partial charge in [-0.25, -0.2) is 4.98 Å². The summed E-state index contributed by atoms with van der Waals surface area (Å²) in [5.41, 5.74) is 2.71. The van der Waals surface area contributed by atoms with Crippen molar-refractivity contribution < 1.29 is 19.1 Å². The summed E-state index contributed by atoms with van der Waals surface area (Å²) >= 11 is 8.15. The maximum absolute atomic E-state index is 12.9. The normalized spacial score (nSPS) is 14.3. The van der Waals surface area contributed by atoms with Gasteiger partial charge in [0, 0.05) is 23.9 Å². The van der Waals surface area contributed by atoms with Crippen molar-refractivity contribution in [2.45, 2.75) is 25.7 Å². The van der Waals surface area contributed by atoms with Crippen LogP contribution in [0.4, 0.5) is 5.13 Å². The number of anilines is 1. The molecule has 2 aromatic carbocycles. The number of thiazole rings is 1. The Morgan fingerprint density at radius 1 is 1.08 bits per heavy atom. The quantitative estimate of drug-likeness (QED) is 0.171. The second-order valence-electron chi connectivity index (χ2n) is 8.21. The van der Waals surface area contributed by atoms with Gasteiger partial charge in [-0.3, -0.25) is 14.5 Å². The van der Waals surface area contributed by atoms with E-state index in [0.717, 1.165) is 36.1 Å². The zero-order chi connectivity index (χ0) is 26.2. The highest BCUT2D eigenvalue weighted by atomic mass is 32.2. The third-order valence-corrected chi connectivity index (χ3v) is 7.82. The Morgan fingerprint density at radius 3 is 2.62 bits per heavy atom. The van der Waals surface area contributed by atoms with E-state index in [1.165, 1.54) is 23.1 Å². The topological polar surface area (TPSA) is 80.8 Å². The number of carbonyl (C=O) groups excluding carboxylic acids is 2. The lowest BCUT2D eigenvalue weighted by Crippen LogP contribution is -2.29. The molecule has 1 aliphatic rings. The molecular weight excluding hydrogens is 527 g/mol. The molecule has 10 heteroatoms. The molecule has 192 valence electrons. The summed E-state index contributed by atoms with van der Waals surface area (Å²) in [6.45, 7) is 0.530. The predicted molar refractivity (Wildman–Crippen MR) is 154 cm³/mol. The number of hydrogen-bond acceptors (Lipinski definition) is 8. The molecule has 0 bridgehead atoms. The minimum atomic E-state index is -0.0967. The van der Waals surface area contributed by atoms with Crippen LogP contribution in [0.3, 0.4) is 0 Å². The first kappa shape index (κ1) is 26.8. The van der Waals surface area contributed by atoms with E-state index in [9.17, 15) is 9.59 Å². The monoisotopic (exact) mass is 553 g/mol. The van der Waals surface area contributed by atoms with E-state index in [1.807, 2.05) is 53.9 Å². The molecule has 1 saturated heterocycles. The first-order valence-electron chi connectivity index (χ1n) is 11.8. The van der Waals surface area contributed by atoms with Gasteiger partial charge >= 0.3 is 0 Å². The van der Waals surface area contributed by atoms with Crippen molar-refractivity contribution >= 4 is 62.7 Å². The van der Waals surface area contributed by atoms with Crippen LogP contribution in [0.25, 0.3) is 17.3 Å². The van der Waals surface area contributed by atoms with Crippen LogP contribution < -0.4 is 14.8 Å². The van der Waals surface area contributed by atoms with E-state index < -0.39 is 0 Å². The number of hydrogen-bond donors (Lipinski definition) is 1. The average molecular weight is 554 g/mol. The second-order valence-corrected chi connectivity index (χ2v) is 10.7. The Kier molecular flexibility index (Phi) is 9.32. The van der Waals surface area contributed by atoms with Gasteiger partial charge in [-0.1, -0.05) is 66.8 Å². The third-order valence-electron chi connectivity index (χ3n) is 5.68. The van der Waals surface area contributed by atoms with E-state index in [2.05, 4.69) is 10.3 Å². The van der Waals surface area contributed by atoms with E-state index in [-0.39, 0.29) is 11.8 Å². The van der Waals surface area contributed by atoms with Crippen LogP contribution in [-0.2, 0) is 9.59 Å². The fourth-order valence-corrected chi connectivity index (χ4v) is 5.82. The summed E-state index contributed by atoms with van der Waals surface area (Å²) in [6.07, 6.45) is 4.51. The molecule has 0 aliphatic carbocycles. The Labute approximate surface area is 229 Å². The number of thioether (sulfide) groups is 1. The fourth-order valence-electron chi connectivity index (χ4n) is 3.77. The van der Waals surface area contributed by atoms with Crippen molar-refractivity contribution in [1.29, 1.82) is 0 Å². The van der Waals surface area contributed by atoms with Gasteiger partial charge in [0.1, 0.15) is 4.32 Å². The maximum atomic E-state index is 12.9. The summed E-state index contributed by atoms with van der Waals surface area (Å²) in [6, 6.07) is 15.4. The standard InChI is InChI=1S/C27H27N3O4S3/c1-33-21-13-12-18(15-22(21)34-2)16-23-25(32)30(27(35)37-23)14-8-4-7-11-24(31)29-26-28-20(17-36-26)19-9-5-3-6-10-19/h3,5-6,9-10,12-13,15-17H,4,7-8,11,14H2,1-2H3,(H,28,29,31). The minimum absolute atomic E-state index is 0.0579. The van der Waals surface area contributed by atoms with Gasteiger partial charge < -0.3 is 14.8 Å². The number of ether oxygens (including phenoxy) is 2. The molecule has 1 N–H and O–H groups in total. The van der Waals surface area contributed by atoms with Crippen LogP contribution in [0, 0.1) is 0 Å². The molecule has 0 radical (unpaired) electrons. The van der Waals surface area contributed by atoms with Crippen LogP contribution in [-0.4, -0.2) is 46.8 Å². The summed E-state index contributed by atoms with van der Waals surface area (Å²) < 4.78 is 11.2. The molecule has 0 saturated carbocycles. The number of nitrogens with zero attached hydrogens (tertiary/aromatic N) is 2. The number of carbonyl (C=O) groups is 2. The van der Waals surface area contributed by atoms with Gasteiger partial charge in [0.05, 0.1) is 24.8 Å². The first-order valence-corrected chi connectivity index (χ1v) is 13.9. The first-order chi connectivity index (χ1) is 18.0. The molecule has 1 aliphatic heterocycles. The van der Waals surface area contributed by atoms with Crippen molar-refractivity contribution in [3.63, 3.8) is 0 Å². The maximum Gasteiger partial charge on any atom is 0.266 e. The second kappa shape index (κ2) is 12.8. The lowest BCUT2D eigenvalue weighted by atomic mass is 10.1. The van der Waals surface area contributed by atoms with E-state index in [1.54, 1.807) is 25.2 Å². The molecule has 0 spiro atoms. The highest BCUT2D eigenvalue weighted by Crippen LogP contribution is 2.35. The molecule has 2 amide bonds. The van der Waals surface area contributed by atoms with Gasteiger partial charge in [0.15, 0.2) is 16.6 Å². The number of aromatic nitrogens is 1. The van der Waals surface area contributed by atoms with Gasteiger partial charge in [-0.15, -0.1) is 11.3 Å². The van der Waals surface area contributed by atoms with E-state index >= 15 is 0 Å². The molecule has 4 rings (SSSR count). The van der Waals surface area contributed by atoms with Gasteiger partial charge in [0.2, 0.25) is 5.91 Å². The smallest absolute Gasteiger partial charge is 0.266 e. The van der Waals surface area contributed by atoms with Crippen molar-refractivity contribution in [2.75, 3.05) is 26.1 Å². The predicted octanol–water partition coefficient (Wildman–Crippen LogP) is 6.23. The average Bonchev–Trinajstić information content (AvgIpc) is 3.48. The zero-order valence-corrected chi connectivity index (χ0v) is 23.0. The molecule has 0 atom stereocenters. The highest BCUT2D eigenvalue weighted by Gasteiger charge is 2.31. The number of nitrogens with one attached hydrogen (secondary N) is 1. The molecule has 1 aromatic heterocycles. The van der Waals surface area contributed by atoms with Gasteiger partial charge in [-0.05, 0) is 36.6 Å². The summed E-state index contributed by atoms with van der Waals surface area (Å²) in [4.78, 5) is 31.9. The van der Waals surface area contributed by atoms with Crippen LogP contribution in [0.15, 0.2) is 58.8 Å². The highest BCUT2D eigenvalue weighted by molar-refractivity contribution is 8.26. The number of rotatable bonds is 11. The van der Waals surface area contributed by atoms with Gasteiger partial charge in [-0.2, -0.15) is 0 Å². The van der Waals surface area contributed by atoms with E-state index in [0.29, 0.717) is 38.8 Å². The Morgan fingerprint density at radius 2 is 1.86 bits per heavy atom. The number of thiocarbonyl (C=S) groups is 1. The molecule has 0 unspecified atom stereocenters. The lowest BCUT2D eigenvalue weighted by Gasteiger charge is -2.14. The number of unbranched alkanes of at least 4 members (excludes halogenated alkanes) is 2. The lowest BCUT2D eigenvalue weighted by molar-refractivity contribution is -0.122. The van der Waals surface area contributed by atoms with Crippen LogP contribution in [0.2, 0.25) is 0 Å². The van der Waals surface area contributed by atoms with Crippen molar-refractivity contribution in [3.8, 4) is 22.8 Å². The minimum Gasteiger partial charge on any atom is -0.493 e. The molecule has 2 heterocycles. The number of benzene rings is 2. The Hall–Kier alpha value is -3.21. The Bertz CT molecular complexity index is 1310. The third kappa shape index (κ3) is 6.97. The molecule has 7 nitrogen and oxygen atoms in total. The van der Waals surface area contributed by atoms with Crippen LogP contribution in [0.5, 0.6) is 11.5 Å². The van der Waals surface area contributed by atoms with Gasteiger partial charge in [0.25, 0.3) is 5.91 Å². The molecule has 37 heavy (non-hydrogen) atoms. The van der Waals surface area contributed by atoms with Crippen molar-refractivity contribution in [3.05, 3.63) is 64.4 Å². The van der Waals surface area contributed by atoms with E-state index in [4.69, 9.17) is 21.7 Å². The fraction of sp³-hybridized carbons (Fsp3) is 0.259. The molecular formula is C27H27N3O4S3. The van der Waals surface area contributed by atoms with Crippen molar-refractivity contribution in [1.82, 2.24) is 9.88 Å². The van der Waals surface area contributed by atoms with Crippen molar-refractivity contribution in [2.24, 2.45) is 0 Å².